The van der Waals surface area contributed by atoms with Gasteiger partial charge < -0.3 is 14.5 Å². The lowest BCUT2D eigenvalue weighted by Gasteiger charge is -2.32. The molecular weight excluding hydrogens is 366 g/mol. The van der Waals surface area contributed by atoms with E-state index in [-0.39, 0.29) is 5.91 Å². The molecule has 1 amide bonds. The third kappa shape index (κ3) is 3.31. The van der Waals surface area contributed by atoms with Gasteiger partial charge in [0.25, 0.3) is 0 Å². The lowest BCUT2D eigenvalue weighted by atomic mass is 10.0. The zero-order valence-electron chi connectivity index (χ0n) is 17.4. The summed E-state index contributed by atoms with van der Waals surface area (Å²) in [6.07, 6.45) is 4.95. The Balaban J connectivity index is 1.60. The predicted molar refractivity (Wildman–Crippen MR) is 110 cm³/mol. The van der Waals surface area contributed by atoms with Crippen LogP contribution in [0.1, 0.15) is 54.9 Å². The summed E-state index contributed by atoms with van der Waals surface area (Å²) in [4.78, 5) is 21.2. The number of hydrogen-bond acceptors (Lipinski definition) is 5. The van der Waals surface area contributed by atoms with E-state index in [4.69, 9.17) is 14.8 Å². The number of carbonyl (C=O) groups excluding carboxylic acids is 1. The molecule has 0 aliphatic carbocycles. The minimum atomic E-state index is 0.136. The number of rotatable bonds is 2. The molecule has 5 heterocycles. The average Bonchev–Trinajstić information content (AvgIpc) is 3.12. The van der Waals surface area contributed by atoms with Gasteiger partial charge in [0.15, 0.2) is 5.82 Å². The smallest absolute Gasteiger partial charge is 0.219 e. The van der Waals surface area contributed by atoms with Crippen LogP contribution < -0.4 is 4.90 Å². The highest BCUT2D eigenvalue weighted by atomic mass is 16.5. The fourth-order valence-electron chi connectivity index (χ4n) is 4.92. The van der Waals surface area contributed by atoms with Crippen LogP contribution in [0.5, 0.6) is 0 Å². The van der Waals surface area contributed by atoms with Crippen LogP contribution in [-0.4, -0.2) is 51.9 Å². The molecule has 154 valence electrons. The van der Waals surface area contributed by atoms with Gasteiger partial charge in [-0.2, -0.15) is 5.10 Å². The first-order chi connectivity index (χ1) is 14.1. The third-order valence-electron chi connectivity index (χ3n) is 6.48. The van der Waals surface area contributed by atoms with Gasteiger partial charge in [-0.3, -0.25) is 14.5 Å². The highest BCUT2D eigenvalue weighted by Gasteiger charge is 2.33. The Morgan fingerprint density at radius 3 is 2.79 bits per heavy atom. The van der Waals surface area contributed by atoms with E-state index in [1.165, 1.54) is 16.9 Å². The van der Waals surface area contributed by atoms with E-state index >= 15 is 0 Å². The quantitative estimate of drug-likeness (QED) is 0.782. The topological polar surface area (TPSA) is 63.5 Å². The SMILES string of the molecule is CC(=O)N1CCc2c(c(N3CCCc4nc(C)ccc43)nn2C2CCOCC2)C1. The highest BCUT2D eigenvalue weighted by molar-refractivity contribution is 5.75. The van der Waals surface area contributed by atoms with E-state index in [9.17, 15) is 4.79 Å². The van der Waals surface area contributed by atoms with E-state index in [0.29, 0.717) is 12.6 Å². The molecule has 1 fully saturated rings. The molecule has 0 spiro atoms. The monoisotopic (exact) mass is 395 g/mol. The van der Waals surface area contributed by atoms with Crippen LogP contribution >= 0.6 is 0 Å². The zero-order valence-corrected chi connectivity index (χ0v) is 17.4. The summed E-state index contributed by atoms with van der Waals surface area (Å²) in [5, 5.41) is 5.18. The maximum Gasteiger partial charge on any atom is 0.219 e. The van der Waals surface area contributed by atoms with Crippen LogP contribution in [-0.2, 0) is 28.9 Å². The van der Waals surface area contributed by atoms with Crippen LogP contribution in [0.3, 0.4) is 0 Å². The maximum atomic E-state index is 12.1. The van der Waals surface area contributed by atoms with Crippen molar-refractivity contribution in [2.24, 2.45) is 0 Å². The molecule has 0 aromatic carbocycles. The van der Waals surface area contributed by atoms with Crippen molar-refractivity contribution in [2.45, 2.75) is 58.5 Å². The second-order valence-corrected chi connectivity index (χ2v) is 8.40. The number of hydrogen-bond donors (Lipinski definition) is 0. The van der Waals surface area contributed by atoms with Crippen molar-refractivity contribution in [3.63, 3.8) is 0 Å². The average molecular weight is 396 g/mol. The van der Waals surface area contributed by atoms with Gasteiger partial charge in [0.2, 0.25) is 5.91 Å². The lowest BCUT2D eigenvalue weighted by molar-refractivity contribution is -0.129. The minimum Gasteiger partial charge on any atom is -0.381 e. The minimum absolute atomic E-state index is 0.136. The van der Waals surface area contributed by atoms with Gasteiger partial charge in [-0.25, -0.2) is 0 Å². The van der Waals surface area contributed by atoms with Gasteiger partial charge in [0.1, 0.15) is 0 Å². The van der Waals surface area contributed by atoms with Crippen LogP contribution in [0.2, 0.25) is 0 Å². The fourth-order valence-corrected chi connectivity index (χ4v) is 4.92. The fraction of sp³-hybridized carbons (Fsp3) is 0.591. The summed E-state index contributed by atoms with van der Waals surface area (Å²) in [5.41, 5.74) is 5.90. The number of pyridine rings is 1. The second kappa shape index (κ2) is 7.44. The first-order valence-electron chi connectivity index (χ1n) is 10.8. The van der Waals surface area contributed by atoms with Crippen molar-refractivity contribution >= 4 is 17.4 Å². The molecule has 0 atom stereocenters. The summed E-state index contributed by atoms with van der Waals surface area (Å²) in [6.45, 7) is 7.66. The molecule has 0 bridgehead atoms. The number of amides is 1. The number of anilines is 2. The van der Waals surface area contributed by atoms with Gasteiger partial charge in [0.05, 0.1) is 24.0 Å². The van der Waals surface area contributed by atoms with Gasteiger partial charge in [-0.15, -0.1) is 0 Å². The molecule has 3 aliphatic rings. The summed E-state index contributed by atoms with van der Waals surface area (Å²) in [5.74, 6) is 1.15. The number of aromatic nitrogens is 3. The standard InChI is InChI=1S/C22H29N5O2/c1-15-5-6-21-19(23-15)4-3-10-26(21)22-18-14-25(16(2)28)11-7-20(18)27(24-22)17-8-12-29-13-9-17/h5-6,17H,3-4,7-14H2,1-2H3. The molecule has 2 aromatic rings. The number of nitrogens with zero attached hydrogens (tertiary/aromatic N) is 5. The van der Waals surface area contributed by atoms with Crippen molar-refractivity contribution in [1.82, 2.24) is 19.7 Å². The van der Waals surface area contributed by atoms with E-state index in [0.717, 1.165) is 75.6 Å². The van der Waals surface area contributed by atoms with Crippen LogP contribution in [0.25, 0.3) is 0 Å². The first kappa shape index (κ1) is 18.6. The molecule has 0 N–H and O–H groups in total. The Morgan fingerprint density at radius 1 is 1.17 bits per heavy atom. The second-order valence-electron chi connectivity index (χ2n) is 8.40. The van der Waals surface area contributed by atoms with Crippen molar-refractivity contribution in [3.05, 3.63) is 34.8 Å². The molecular formula is C22H29N5O2. The van der Waals surface area contributed by atoms with E-state index in [2.05, 4.69) is 21.7 Å². The van der Waals surface area contributed by atoms with Crippen molar-refractivity contribution < 1.29 is 9.53 Å². The molecule has 2 aromatic heterocycles. The molecule has 0 unspecified atom stereocenters. The zero-order chi connectivity index (χ0) is 20.0. The van der Waals surface area contributed by atoms with Gasteiger partial charge in [-0.1, -0.05) is 0 Å². The number of ether oxygens (including phenoxy) is 1. The number of carbonyl (C=O) groups is 1. The Kier molecular flexibility index (Phi) is 4.78. The predicted octanol–water partition coefficient (Wildman–Crippen LogP) is 2.93. The van der Waals surface area contributed by atoms with E-state index in [1.807, 2.05) is 11.8 Å². The van der Waals surface area contributed by atoms with Crippen LogP contribution in [0, 0.1) is 6.92 Å². The molecule has 7 heteroatoms. The van der Waals surface area contributed by atoms with E-state index in [1.54, 1.807) is 6.92 Å². The summed E-state index contributed by atoms with van der Waals surface area (Å²) < 4.78 is 7.85. The van der Waals surface area contributed by atoms with Crippen molar-refractivity contribution in [2.75, 3.05) is 31.2 Å². The highest BCUT2D eigenvalue weighted by Crippen LogP contribution is 2.39. The normalized spacial score (nSPS) is 19.8. The van der Waals surface area contributed by atoms with Crippen LogP contribution in [0.4, 0.5) is 11.5 Å². The van der Waals surface area contributed by atoms with Gasteiger partial charge >= 0.3 is 0 Å². The molecule has 7 nitrogen and oxygen atoms in total. The molecule has 1 saturated heterocycles. The van der Waals surface area contributed by atoms with Crippen LogP contribution in [0.15, 0.2) is 12.1 Å². The summed E-state index contributed by atoms with van der Waals surface area (Å²) >= 11 is 0. The Bertz CT molecular complexity index is 932. The molecule has 0 saturated carbocycles. The third-order valence-corrected chi connectivity index (χ3v) is 6.48. The molecule has 5 rings (SSSR count). The maximum absolute atomic E-state index is 12.1. The molecule has 29 heavy (non-hydrogen) atoms. The Hall–Kier alpha value is -2.41. The summed E-state index contributed by atoms with van der Waals surface area (Å²) in [6, 6.07) is 4.65. The lowest BCUT2D eigenvalue weighted by Crippen LogP contribution is -2.36. The molecule has 3 aliphatic heterocycles. The number of aryl methyl sites for hydroxylation is 2. The van der Waals surface area contributed by atoms with Gasteiger partial charge in [-0.05, 0) is 44.7 Å². The molecule has 0 radical (unpaired) electrons. The summed E-state index contributed by atoms with van der Waals surface area (Å²) in [7, 11) is 0. The van der Waals surface area contributed by atoms with Crippen molar-refractivity contribution in [3.8, 4) is 0 Å². The van der Waals surface area contributed by atoms with Crippen molar-refractivity contribution in [1.29, 1.82) is 0 Å². The largest absolute Gasteiger partial charge is 0.381 e. The Labute approximate surface area is 171 Å². The van der Waals surface area contributed by atoms with E-state index < -0.39 is 0 Å². The van der Waals surface area contributed by atoms with Gasteiger partial charge in [0, 0.05) is 56.6 Å². The Morgan fingerprint density at radius 2 is 2.00 bits per heavy atom. The number of fused-ring (bicyclic) bond motifs is 2. The first-order valence-corrected chi connectivity index (χ1v) is 10.8.